The molecule has 2 heterocycles. The lowest BCUT2D eigenvalue weighted by Crippen LogP contribution is -2.27. The first-order valence-electron chi connectivity index (χ1n) is 8.05. The van der Waals surface area contributed by atoms with Gasteiger partial charge in [-0.1, -0.05) is 36.4 Å². The average Bonchev–Trinajstić information content (AvgIpc) is 2.65. The highest BCUT2D eigenvalue weighted by atomic mass is 16.1. The van der Waals surface area contributed by atoms with Crippen molar-refractivity contribution in [1.29, 1.82) is 0 Å². The molecule has 0 aliphatic carbocycles. The Morgan fingerprint density at radius 1 is 1.12 bits per heavy atom. The molecule has 0 spiro atoms. The van der Waals surface area contributed by atoms with E-state index in [2.05, 4.69) is 10.3 Å². The monoisotopic (exact) mass is 333 g/mol. The average molecular weight is 333 g/mol. The largest absolute Gasteiger partial charge is 0.380 e. The van der Waals surface area contributed by atoms with Crippen molar-refractivity contribution in [1.82, 2.24) is 9.55 Å². The van der Waals surface area contributed by atoms with Gasteiger partial charge in [-0.15, -0.1) is 0 Å². The van der Waals surface area contributed by atoms with Gasteiger partial charge < -0.3 is 9.88 Å². The number of hydrogen-bond acceptors (Lipinski definition) is 4. The number of nitrogens with zero attached hydrogens (tertiary/aromatic N) is 2. The van der Waals surface area contributed by atoms with Gasteiger partial charge in [0.05, 0.1) is 12.2 Å². The highest BCUT2D eigenvalue weighted by molar-refractivity contribution is 5.83. The Kier molecular flexibility index (Phi) is 5.04. The van der Waals surface area contributed by atoms with Crippen LogP contribution in [-0.4, -0.2) is 15.8 Å². The van der Waals surface area contributed by atoms with Gasteiger partial charge in [0.25, 0.3) is 5.56 Å². The molecule has 0 atom stereocenters. The van der Waals surface area contributed by atoms with E-state index in [1.807, 2.05) is 55.5 Å². The van der Waals surface area contributed by atoms with Crippen molar-refractivity contribution in [3.05, 3.63) is 93.7 Å². The fraction of sp³-hybridized carbons (Fsp3) is 0.150. The summed E-state index contributed by atoms with van der Waals surface area (Å²) in [7, 11) is 0. The maximum Gasteiger partial charge on any atom is 0.263 e. The molecule has 126 valence electrons. The van der Waals surface area contributed by atoms with E-state index in [4.69, 9.17) is 0 Å². The highest BCUT2D eigenvalue weighted by Crippen LogP contribution is 2.15. The van der Waals surface area contributed by atoms with Gasteiger partial charge in [-0.05, 0) is 30.2 Å². The molecule has 3 aromatic rings. The van der Waals surface area contributed by atoms with Crippen LogP contribution < -0.4 is 10.9 Å². The molecule has 1 N–H and O–H groups in total. The lowest BCUT2D eigenvalue weighted by atomic mass is 10.1. The molecule has 0 radical (unpaired) electrons. The fourth-order valence-corrected chi connectivity index (χ4v) is 2.71. The fourth-order valence-electron chi connectivity index (χ4n) is 2.71. The third-order valence-electron chi connectivity index (χ3n) is 4.05. The van der Waals surface area contributed by atoms with Crippen LogP contribution in [0, 0.1) is 6.92 Å². The van der Waals surface area contributed by atoms with Crippen LogP contribution in [0.2, 0.25) is 0 Å². The standard InChI is InChI=1S/C20H19N3O2/c1-15-10-19(22-12-17-8-5-9-21-11-17)18(14-24)20(25)23(15)13-16-6-3-2-4-7-16/h2-11,14,22H,12-13H2,1H3. The quantitative estimate of drug-likeness (QED) is 0.704. The number of benzene rings is 1. The molecule has 5 heteroatoms. The molecular weight excluding hydrogens is 314 g/mol. The Morgan fingerprint density at radius 3 is 2.56 bits per heavy atom. The van der Waals surface area contributed by atoms with Crippen molar-refractivity contribution in [2.45, 2.75) is 20.0 Å². The maximum absolute atomic E-state index is 12.7. The molecular formula is C20H19N3O2. The first kappa shape index (κ1) is 16.6. The summed E-state index contributed by atoms with van der Waals surface area (Å²) in [4.78, 5) is 28.3. The van der Waals surface area contributed by atoms with Crippen LogP contribution in [0.4, 0.5) is 5.69 Å². The minimum Gasteiger partial charge on any atom is -0.380 e. The van der Waals surface area contributed by atoms with Crippen molar-refractivity contribution in [2.75, 3.05) is 5.32 Å². The number of rotatable bonds is 6. The summed E-state index contributed by atoms with van der Waals surface area (Å²) in [6, 6.07) is 15.3. The summed E-state index contributed by atoms with van der Waals surface area (Å²) in [6.45, 7) is 2.81. The third kappa shape index (κ3) is 3.83. The molecule has 0 aliphatic rings. The van der Waals surface area contributed by atoms with E-state index in [1.165, 1.54) is 0 Å². The Labute approximate surface area is 146 Å². The van der Waals surface area contributed by atoms with Crippen LogP contribution in [0.25, 0.3) is 0 Å². The summed E-state index contributed by atoms with van der Waals surface area (Å²) in [6.07, 6.45) is 4.07. The highest BCUT2D eigenvalue weighted by Gasteiger charge is 2.12. The zero-order valence-electron chi connectivity index (χ0n) is 14.0. The maximum atomic E-state index is 12.7. The van der Waals surface area contributed by atoms with E-state index < -0.39 is 0 Å². The lowest BCUT2D eigenvalue weighted by molar-refractivity contribution is 0.112. The third-order valence-corrected chi connectivity index (χ3v) is 4.05. The van der Waals surface area contributed by atoms with Crippen LogP contribution in [0.5, 0.6) is 0 Å². The van der Waals surface area contributed by atoms with E-state index in [0.717, 1.165) is 16.8 Å². The number of carbonyl (C=O) groups excluding carboxylic acids is 1. The molecule has 0 saturated carbocycles. The second kappa shape index (κ2) is 7.57. The predicted octanol–water partition coefficient (Wildman–Crippen LogP) is 3.02. The summed E-state index contributed by atoms with van der Waals surface area (Å²) in [5.41, 5.74) is 3.20. The molecule has 3 rings (SSSR count). The van der Waals surface area contributed by atoms with Gasteiger partial charge in [0, 0.05) is 24.6 Å². The van der Waals surface area contributed by atoms with Crippen molar-refractivity contribution in [3.63, 3.8) is 0 Å². The number of aromatic nitrogens is 2. The van der Waals surface area contributed by atoms with E-state index in [-0.39, 0.29) is 11.1 Å². The SMILES string of the molecule is Cc1cc(NCc2cccnc2)c(C=O)c(=O)n1Cc1ccccc1. The van der Waals surface area contributed by atoms with Crippen LogP contribution in [0.15, 0.2) is 65.7 Å². The van der Waals surface area contributed by atoms with E-state index in [9.17, 15) is 9.59 Å². The minimum absolute atomic E-state index is 0.144. The Bertz CT molecular complexity index is 919. The van der Waals surface area contributed by atoms with Crippen LogP contribution >= 0.6 is 0 Å². The van der Waals surface area contributed by atoms with Gasteiger partial charge in [-0.2, -0.15) is 0 Å². The van der Waals surface area contributed by atoms with Crippen LogP contribution in [0.3, 0.4) is 0 Å². The van der Waals surface area contributed by atoms with Gasteiger partial charge >= 0.3 is 0 Å². The first-order valence-corrected chi connectivity index (χ1v) is 8.05. The van der Waals surface area contributed by atoms with Crippen LogP contribution in [-0.2, 0) is 13.1 Å². The van der Waals surface area contributed by atoms with E-state index in [0.29, 0.717) is 25.1 Å². The van der Waals surface area contributed by atoms with Gasteiger partial charge in [-0.25, -0.2) is 0 Å². The zero-order valence-corrected chi connectivity index (χ0v) is 14.0. The molecule has 2 aromatic heterocycles. The summed E-state index contributed by atoms with van der Waals surface area (Å²) >= 11 is 0. The van der Waals surface area contributed by atoms with Gasteiger partial charge in [-0.3, -0.25) is 14.6 Å². The van der Waals surface area contributed by atoms with Crippen molar-refractivity contribution in [2.24, 2.45) is 0 Å². The Hall–Kier alpha value is -3.21. The van der Waals surface area contributed by atoms with Gasteiger partial charge in [0.2, 0.25) is 0 Å². The second-order valence-electron chi connectivity index (χ2n) is 5.82. The first-order chi connectivity index (χ1) is 12.2. The molecule has 0 unspecified atom stereocenters. The number of nitrogens with one attached hydrogen (secondary N) is 1. The number of aryl methyl sites for hydroxylation is 1. The Balaban J connectivity index is 1.90. The second-order valence-corrected chi connectivity index (χ2v) is 5.82. The van der Waals surface area contributed by atoms with Gasteiger partial charge in [0.1, 0.15) is 5.56 Å². The predicted molar refractivity (Wildman–Crippen MR) is 97.9 cm³/mol. The number of aldehydes is 1. The minimum atomic E-state index is -0.285. The van der Waals surface area contributed by atoms with Crippen molar-refractivity contribution >= 4 is 12.0 Å². The number of anilines is 1. The number of hydrogen-bond donors (Lipinski definition) is 1. The normalized spacial score (nSPS) is 10.4. The van der Waals surface area contributed by atoms with E-state index in [1.54, 1.807) is 17.0 Å². The molecule has 5 nitrogen and oxygen atoms in total. The molecule has 0 aliphatic heterocycles. The lowest BCUT2D eigenvalue weighted by Gasteiger charge is -2.15. The molecule has 0 bridgehead atoms. The van der Waals surface area contributed by atoms with Crippen molar-refractivity contribution < 1.29 is 4.79 Å². The molecule has 0 saturated heterocycles. The zero-order chi connectivity index (χ0) is 17.6. The van der Waals surface area contributed by atoms with E-state index >= 15 is 0 Å². The van der Waals surface area contributed by atoms with Crippen LogP contribution in [0.1, 0.15) is 27.2 Å². The topological polar surface area (TPSA) is 64.0 Å². The summed E-state index contributed by atoms with van der Waals surface area (Å²) in [5, 5.41) is 3.17. The van der Waals surface area contributed by atoms with Crippen molar-refractivity contribution in [3.8, 4) is 0 Å². The molecule has 25 heavy (non-hydrogen) atoms. The number of carbonyl (C=O) groups is 1. The Morgan fingerprint density at radius 2 is 1.88 bits per heavy atom. The summed E-state index contributed by atoms with van der Waals surface area (Å²) < 4.78 is 1.62. The summed E-state index contributed by atoms with van der Waals surface area (Å²) in [5.74, 6) is 0. The number of pyridine rings is 2. The smallest absolute Gasteiger partial charge is 0.263 e. The molecule has 1 aromatic carbocycles. The molecule has 0 fully saturated rings. The van der Waals surface area contributed by atoms with Gasteiger partial charge in [0.15, 0.2) is 6.29 Å². The molecule has 0 amide bonds.